The molecule has 0 bridgehead atoms. The topological polar surface area (TPSA) is 80.1 Å². The average Bonchev–Trinajstić information content (AvgIpc) is 3.01. The maximum Gasteiger partial charge on any atom is 0.245 e. The van der Waals surface area contributed by atoms with Gasteiger partial charge in [-0.1, -0.05) is 32.4 Å². The molecule has 146 valence electrons. The van der Waals surface area contributed by atoms with Crippen molar-refractivity contribution < 1.29 is 9.59 Å². The summed E-state index contributed by atoms with van der Waals surface area (Å²) in [6.07, 6.45) is 6.68. The monoisotopic (exact) mass is 363 g/mol. The van der Waals surface area contributed by atoms with E-state index in [4.69, 9.17) is 0 Å². The smallest absolute Gasteiger partial charge is 0.245 e. The molecule has 7 heteroatoms. The fourth-order valence-corrected chi connectivity index (χ4v) is 3.56. The summed E-state index contributed by atoms with van der Waals surface area (Å²) in [7, 11) is 0. The van der Waals surface area contributed by atoms with E-state index in [1.165, 1.54) is 6.92 Å². The molecule has 2 heterocycles. The molecule has 1 fully saturated rings. The van der Waals surface area contributed by atoms with Gasteiger partial charge in [-0.2, -0.15) is 0 Å². The van der Waals surface area contributed by atoms with Crippen LogP contribution in [0.3, 0.4) is 0 Å². The van der Waals surface area contributed by atoms with Crippen molar-refractivity contribution in [3.63, 3.8) is 0 Å². The second kappa shape index (κ2) is 9.69. The third-order valence-corrected chi connectivity index (χ3v) is 4.85. The molecule has 2 rings (SSSR count). The maximum absolute atomic E-state index is 12.8. The number of carbonyl (C=O) groups excluding carboxylic acids is 2. The number of hydrogen-bond donors (Lipinski definition) is 1. The minimum Gasteiger partial charge on any atom is -0.345 e. The van der Waals surface area contributed by atoms with E-state index in [1.54, 1.807) is 0 Å². The van der Waals surface area contributed by atoms with E-state index in [0.717, 1.165) is 51.0 Å². The van der Waals surface area contributed by atoms with Crippen LogP contribution < -0.4 is 5.32 Å². The van der Waals surface area contributed by atoms with Crippen LogP contribution in [0.25, 0.3) is 0 Å². The summed E-state index contributed by atoms with van der Waals surface area (Å²) in [6, 6.07) is -0.407. The minimum absolute atomic E-state index is 0.0540. The Kier molecular flexibility index (Phi) is 7.60. The van der Waals surface area contributed by atoms with E-state index in [2.05, 4.69) is 36.4 Å². The lowest BCUT2D eigenvalue weighted by Crippen LogP contribution is -2.51. The molecule has 1 aromatic heterocycles. The molecule has 1 unspecified atom stereocenters. The normalized spacial score (nSPS) is 16.7. The van der Waals surface area contributed by atoms with Crippen LogP contribution in [0.4, 0.5) is 0 Å². The third-order valence-electron chi connectivity index (χ3n) is 4.85. The molecular formula is C19H33N5O2. The number of rotatable bonds is 8. The van der Waals surface area contributed by atoms with Crippen LogP contribution in [0.15, 0.2) is 6.20 Å². The molecule has 2 amide bonds. The lowest BCUT2D eigenvalue weighted by molar-refractivity contribution is -0.137. The SMILES string of the molecule is CCCc1cn(CC2CCN(C(=O)C(CC(C)C)NC(C)=O)CC2)nn1. The number of likely N-dealkylation sites (tertiary alicyclic amines) is 1. The highest BCUT2D eigenvalue weighted by atomic mass is 16.2. The maximum atomic E-state index is 12.8. The lowest BCUT2D eigenvalue weighted by Gasteiger charge is -2.34. The average molecular weight is 364 g/mol. The largest absolute Gasteiger partial charge is 0.345 e. The van der Waals surface area contributed by atoms with Gasteiger partial charge in [-0.05, 0) is 37.5 Å². The quantitative estimate of drug-likeness (QED) is 0.766. The summed E-state index contributed by atoms with van der Waals surface area (Å²) in [5.74, 6) is 0.781. The van der Waals surface area contributed by atoms with Crippen molar-refractivity contribution in [2.24, 2.45) is 11.8 Å². The van der Waals surface area contributed by atoms with Crippen molar-refractivity contribution in [3.05, 3.63) is 11.9 Å². The first-order valence-electron chi connectivity index (χ1n) is 9.83. The number of aromatic nitrogens is 3. The second-order valence-corrected chi connectivity index (χ2v) is 7.83. The van der Waals surface area contributed by atoms with Crippen LogP contribution in [-0.2, 0) is 22.6 Å². The van der Waals surface area contributed by atoms with Crippen molar-refractivity contribution in [2.45, 2.75) is 72.4 Å². The van der Waals surface area contributed by atoms with Gasteiger partial charge in [0, 0.05) is 32.8 Å². The van der Waals surface area contributed by atoms with E-state index in [9.17, 15) is 9.59 Å². The molecule has 0 radical (unpaired) electrons. The highest BCUT2D eigenvalue weighted by Crippen LogP contribution is 2.20. The van der Waals surface area contributed by atoms with Crippen LogP contribution in [0.2, 0.25) is 0 Å². The molecule has 0 aromatic carbocycles. The van der Waals surface area contributed by atoms with Gasteiger partial charge in [-0.3, -0.25) is 14.3 Å². The Morgan fingerprint density at radius 1 is 1.31 bits per heavy atom. The highest BCUT2D eigenvalue weighted by molar-refractivity contribution is 5.86. The Hall–Kier alpha value is -1.92. The summed E-state index contributed by atoms with van der Waals surface area (Å²) in [5, 5.41) is 11.2. The number of nitrogens with one attached hydrogen (secondary N) is 1. The molecule has 1 aliphatic rings. The van der Waals surface area contributed by atoms with Gasteiger partial charge in [-0.15, -0.1) is 5.10 Å². The zero-order valence-electron chi connectivity index (χ0n) is 16.6. The fourth-order valence-electron chi connectivity index (χ4n) is 3.56. The summed E-state index contributed by atoms with van der Waals surface area (Å²) in [5.41, 5.74) is 1.05. The Balaban J connectivity index is 1.85. The van der Waals surface area contributed by atoms with E-state index in [-0.39, 0.29) is 11.8 Å². The molecule has 0 saturated carbocycles. The van der Waals surface area contributed by atoms with Crippen molar-refractivity contribution in [2.75, 3.05) is 13.1 Å². The van der Waals surface area contributed by atoms with E-state index in [1.807, 2.05) is 15.8 Å². The Labute approximate surface area is 156 Å². The predicted octanol–water partition coefficient (Wildman–Crippen LogP) is 2.02. The van der Waals surface area contributed by atoms with E-state index >= 15 is 0 Å². The van der Waals surface area contributed by atoms with Crippen LogP contribution >= 0.6 is 0 Å². The first-order valence-corrected chi connectivity index (χ1v) is 9.83. The Bertz CT molecular complexity index is 591. The summed E-state index contributed by atoms with van der Waals surface area (Å²) < 4.78 is 1.94. The van der Waals surface area contributed by atoms with Gasteiger partial charge in [-0.25, -0.2) is 0 Å². The highest BCUT2D eigenvalue weighted by Gasteiger charge is 2.29. The standard InChI is InChI=1S/C19H33N5O2/c1-5-6-17-13-24(22-21-17)12-16-7-9-23(10-8-16)19(26)18(11-14(2)3)20-15(4)25/h13-14,16,18H,5-12H2,1-4H3,(H,20,25). The van der Waals surface area contributed by atoms with Gasteiger partial charge >= 0.3 is 0 Å². The van der Waals surface area contributed by atoms with Gasteiger partial charge in [0.1, 0.15) is 6.04 Å². The first-order chi connectivity index (χ1) is 12.4. The molecule has 1 atom stereocenters. The molecule has 1 N–H and O–H groups in total. The molecule has 1 saturated heterocycles. The third kappa shape index (κ3) is 6.11. The molecule has 0 aliphatic carbocycles. The van der Waals surface area contributed by atoms with E-state index < -0.39 is 6.04 Å². The minimum atomic E-state index is -0.407. The van der Waals surface area contributed by atoms with Crippen molar-refractivity contribution in [1.29, 1.82) is 0 Å². The summed E-state index contributed by atoms with van der Waals surface area (Å²) in [6.45, 7) is 10.1. The summed E-state index contributed by atoms with van der Waals surface area (Å²) >= 11 is 0. The number of piperidine rings is 1. The first kappa shape index (κ1) is 20.4. The lowest BCUT2D eigenvalue weighted by atomic mass is 9.95. The zero-order chi connectivity index (χ0) is 19.1. The van der Waals surface area contributed by atoms with Gasteiger partial charge in [0.25, 0.3) is 0 Å². The van der Waals surface area contributed by atoms with Crippen LogP contribution in [0.5, 0.6) is 0 Å². The van der Waals surface area contributed by atoms with Gasteiger partial charge in [0.05, 0.1) is 5.69 Å². The van der Waals surface area contributed by atoms with Gasteiger partial charge < -0.3 is 10.2 Å². The molecule has 26 heavy (non-hydrogen) atoms. The molecular weight excluding hydrogens is 330 g/mol. The van der Waals surface area contributed by atoms with Crippen molar-refractivity contribution >= 4 is 11.8 Å². The van der Waals surface area contributed by atoms with Crippen molar-refractivity contribution in [1.82, 2.24) is 25.2 Å². The van der Waals surface area contributed by atoms with Crippen LogP contribution in [0, 0.1) is 11.8 Å². The molecule has 0 spiro atoms. The Morgan fingerprint density at radius 3 is 2.58 bits per heavy atom. The predicted molar refractivity (Wildman–Crippen MR) is 100 cm³/mol. The van der Waals surface area contributed by atoms with Crippen LogP contribution in [-0.4, -0.2) is 50.8 Å². The number of hydrogen-bond acceptors (Lipinski definition) is 4. The van der Waals surface area contributed by atoms with Gasteiger partial charge in [0.15, 0.2) is 0 Å². The van der Waals surface area contributed by atoms with E-state index in [0.29, 0.717) is 18.3 Å². The number of aryl methyl sites for hydroxylation is 1. The van der Waals surface area contributed by atoms with Crippen molar-refractivity contribution in [3.8, 4) is 0 Å². The number of amides is 2. The molecule has 1 aromatic rings. The molecule has 7 nitrogen and oxygen atoms in total. The Morgan fingerprint density at radius 2 is 2.00 bits per heavy atom. The molecule has 1 aliphatic heterocycles. The fraction of sp³-hybridized carbons (Fsp3) is 0.789. The zero-order valence-corrected chi connectivity index (χ0v) is 16.6. The number of carbonyl (C=O) groups is 2. The number of nitrogens with zero attached hydrogens (tertiary/aromatic N) is 4. The summed E-state index contributed by atoms with van der Waals surface area (Å²) in [4.78, 5) is 26.1. The second-order valence-electron chi connectivity index (χ2n) is 7.83. The van der Waals surface area contributed by atoms with Gasteiger partial charge in [0.2, 0.25) is 11.8 Å². The van der Waals surface area contributed by atoms with Crippen LogP contribution in [0.1, 0.15) is 59.1 Å².